The predicted octanol–water partition coefficient (Wildman–Crippen LogP) is 3.98. The van der Waals surface area contributed by atoms with Crippen LogP contribution in [0.3, 0.4) is 0 Å². The van der Waals surface area contributed by atoms with Crippen LogP contribution in [-0.4, -0.2) is 41.9 Å². The van der Waals surface area contributed by atoms with Gasteiger partial charge in [-0.2, -0.15) is 0 Å². The van der Waals surface area contributed by atoms with Crippen molar-refractivity contribution in [3.63, 3.8) is 0 Å². The first-order chi connectivity index (χ1) is 12.8. The summed E-state index contributed by atoms with van der Waals surface area (Å²) in [6.07, 6.45) is 0. The number of nitrogens with zero attached hydrogens (tertiary/aromatic N) is 1. The maximum absolute atomic E-state index is 13.0. The minimum absolute atomic E-state index is 0.125. The second-order valence-corrected chi connectivity index (χ2v) is 9.64. The molecule has 2 saturated heterocycles. The Hall–Kier alpha value is -1.43. The summed E-state index contributed by atoms with van der Waals surface area (Å²) in [5.41, 5.74) is 9.39. The molecule has 5 heteroatoms. The van der Waals surface area contributed by atoms with E-state index in [0.717, 1.165) is 18.7 Å². The summed E-state index contributed by atoms with van der Waals surface area (Å²) in [7, 11) is 0. The second kappa shape index (κ2) is 8.07. The third-order valence-corrected chi connectivity index (χ3v) is 8.41. The molecule has 0 radical (unpaired) electrons. The first-order valence-electron chi connectivity index (χ1n) is 9.13. The summed E-state index contributed by atoms with van der Waals surface area (Å²) < 4.78 is 0.523. The lowest BCUT2D eigenvalue weighted by molar-refractivity contribution is 0.0786. The molecular formula is C21H24N2OS2. The fourth-order valence-electron chi connectivity index (χ4n) is 3.87. The van der Waals surface area contributed by atoms with Gasteiger partial charge in [0.25, 0.3) is 5.91 Å². The molecule has 0 bridgehead atoms. The predicted molar refractivity (Wildman–Crippen MR) is 112 cm³/mol. The van der Waals surface area contributed by atoms with Crippen LogP contribution in [0.2, 0.25) is 0 Å². The molecule has 2 N–H and O–H groups in total. The molecule has 2 heterocycles. The van der Waals surface area contributed by atoms with E-state index in [9.17, 15) is 4.79 Å². The molecule has 2 aromatic carbocycles. The van der Waals surface area contributed by atoms with E-state index in [1.807, 2.05) is 46.6 Å². The SMILES string of the molecule is NC[C@@H]1CN(C(=O)c2ccc(C3SCCS3)cc2)C[C@H]1c1ccccc1. The number of carbonyl (C=O) groups excluding carboxylic acids is 1. The molecule has 0 spiro atoms. The Balaban J connectivity index is 1.48. The fourth-order valence-corrected chi connectivity index (χ4v) is 6.73. The normalized spacial score (nSPS) is 23.5. The van der Waals surface area contributed by atoms with Gasteiger partial charge in [-0.1, -0.05) is 42.5 Å². The lowest BCUT2D eigenvalue weighted by atomic mass is 9.89. The van der Waals surface area contributed by atoms with E-state index in [-0.39, 0.29) is 5.91 Å². The standard InChI is InChI=1S/C21H24N2OS2/c22-12-18-13-23(14-19(18)15-4-2-1-3-5-15)20(24)16-6-8-17(9-7-16)21-25-10-11-26-21/h1-9,18-19,21H,10-14,22H2/t18-,19+/m1/s1. The van der Waals surface area contributed by atoms with E-state index in [1.165, 1.54) is 22.6 Å². The van der Waals surface area contributed by atoms with Gasteiger partial charge in [0.2, 0.25) is 0 Å². The molecule has 2 aliphatic rings. The van der Waals surface area contributed by atoms with Crippen molar-refractivity contribution < 1.29 is 4.79 Å². The van der Waals surface area contributed by atoms with Crippen LogP contribution in [0, 0.1) is 5.92 Å². The molecule has 26 heavy (non-hydrogen) atoms. The smallest absolute Gasteiger partial charge is 0.253 e. The zero-order chi connectivity index (χ0) is 17.9. The number of amides is 1. The van der Waals surface area contributed by atoms with Gasteiger partial charge in [-0.15, -0.1) is 23.5 Å². The number of likely N-dealkylation sites (tertiary alicyclic amines) is 1. The largest absolute Gasteiger partial charge is 0.338 e. The van der Waals surface area contributed by atoms with Gasteiger partial charge in [-0.05, 0) is 35.7 Å². The molecule has 2 fully saturated rings. The van der Waals surface area contributed by atoms with E-state index in [2.05, 4.69) is 36.4 Å². The molecule has 0 saturated carbocycles. The first kappa shape index (κ1) is 18.0. The molecule has 2 aromatic rings. The van der Waals surface area contributed by atoms with E-state index in [1.54, 1.807) is 0 Å². The van der Waals surface area contributed by atoms with Crippen LogP contribution in [0.5, 0.6) is 0 Å². The van der Waals surface area contributed by atoms with Gasteiger partial charge in [-0.25, -0.2) is 0 Å². The van der Waals surface area contributed by atoms with Crippen molar-refractivity contribution in [1.29, 1.82) is 0 Å². The lowest BCUT2D eigenvalue weighted by Gasteiger charge is -2.17. The van der Waals surface area contributed by atoms with Crippen molar-refractivity contribution in [1.82, 2.24) is 4.90 Å². The highest BCUT2D eigenvalue weighted by Crippen LogP contribution is 2.45. The summed E-state index contributed by atoms with van der Waals surface area (Å²) in [5, 5.41) is 0. The average molecular weight is 385 g/mol. The van der Waals surface area contributed by atoms with Crippen LogP contribution in [-0.2, 0) is 0 Å². The quantitative estimate of drug-likeness (QED) is 0.866. The number of thioether (sulfide) groups is 2. The van der Waals surface area contributed by atoms with E-state index < -0.39 is 0 Å². The molecule has 0 aliphatic carbocycles. The van der Waals surface area contributed by atoms with Crippen LogP contribution in [0.1, 0.15) is 32.0 Å². The molecule has 0 aromatic heterocycles. The number of benzene rings is 2. The molecule has 2 atom stereocenters. The van der Waals surface area contributed by atoms with Crippen LogP contribution in [0.15, 0.2) is 54.6 Å². The Kier molecular flexibility index (Phi) is 5.57. The summed E-state index contributed by atoms with van der Waals surface area (Å²) >= 11 is 3.98. The molecule has 136 valence electrons. The Morgan fingerprint density at radius 3 is 2.31 bits per heavy atom. The minimum Gasteiger partial charge on any atom is -0.338 e. The lowest BCUT2D eigenvalue weighted by Crippen LogP contribution is -2.29. The molecule has 3 nitrogen and oxygen atoms in total. The van der Waals surface area contributed by atoms with Gasteiger partial charge >= 0.3 is 0 Å². The van der Waals surface area contributed by atoms with Gasteiger partial charge in [0.15, 0.2) is 0 Å². The van der Waals surface area contributed by atoms with Crippen molar-refractivity contribution in [2.75, 3.05) is 31.1 Å². The number of nitrogens with two attached hydrogens (primary N) is 1. The topological polar surface area (TPSA) is 46.3 Å². The van der Waals surface area contributed by atoms with Crippen molar-refractivity contribution in [2.24, 2.45) is 11.7 Å². The molecule has 4 rings (SSSR count). The summed E-state index contributed by atoms with van der Waals surface area (Å²) in [5.74, 6) is 3.21. The van der Waals surface area contributed by atoms with Crippen LogP contribution in [0.25, 0.3) is 0 Å². The number of hydrogen-bond donors (Lipinski definition) is 1. The zero-order valence-corrected chi connectivity index (χ0v) is 16.3. The summed E-state index contributed by atoms with van der Waals surface area (Å²) in [6.45, 7) is 2.10. The third-order valence-electron chi connectivity index (χ3n) is 5.31. The highest BCUT2D eigenvalue weighted by atomic mass is 32.2. The van der Waals surface area contributed by atoms with E-state index >= 15 is 0 Å². The van der Waals surface area contributed by atoms with Crippen LogP contribution in [0.4, 0.5) is 0 Å². The average Bonchev–Trinajstić information content (AvgIpc) is 3.38. The summed E-state index contributed by atoms with van der Waals surface area (Å²) in [6, 6.07) is 18.7. The van der Waals surface area contributed by atoms with Crippen LogP contribution >= 0.6 is 23.5 Å². The third kappa shape index (κ3) is 3.66. The number of carbonyl (C=O) groups is 1. The van der Waals surface area contributed by atoms with Crippen molar-refractivity contribution in [3.8, 4) is 0 Å². The van der Waals surface area contributed by atoms with Gasteiger partial charge in [0.05, 0.1) is 4.58 Å². The Labute approximate surface area is 163 Å². The Morgan fingerprint density at radius 1 is 0.962 bits per heavy atom. The van der Waals surface area contributed by atoms with Gasteiger partial charge in [-0.3, -0.25) is 4.79 Å². The van der Waals surface area contributed by atoms with E-state index in [0.29, 0.717) is 23.0 Å². The highest BCUT2D eigenvalue weighted by molar-refractivity contribution is 8.19. The fraction of sp³-hybridized carbons (Fsp3) is 0.381. The van der Waals surface area contributed by atoms with Crippen LogP contribution < -0.4 is 5.73 Å². The first-order valence-corrected chi connectivity index (χ1v) is 11.2. The molecule has 0 unspecified atom stereocenters. The zero-order valence-electron chi connectivity index (χ0n) is 14.7. The molecular weight excluding hydrogens is 360 g/mol. The van der Waals surface area contributed by atoms with Gasteiger partial charge in [0, 0.05) is 36.1 Å². The maximum atomic E-state index is 13.0. The number of rotatable bonds is 4. The number of hydrogen-bond acceptors (Lipinski definition) is 4. The van der Waals surface area contributed by atoms with Gasteiger partial charge < -0.3 is 10.6 Å². The molecule has 1 amide bonds. The van der Waals surface area contributed by atoms with Gasteiger partial charge in [0.1, 0.15) is 0 Å². The summed E-state index contributed by atoms with van der Waals surface area (Å²) in [4.78, 5) is 15.0. The maximum Gasteiger partial charge on any atom is 0.253 e. The Bertz CT molecular complexity index is 744. The van der Waals surface area contributed by atoms with Crippen molar-refractivity contribution in [3.05, 3.63) is 71.3 Å². The Morgan fingerprint density at radius 2 is 1.65 bits per heavy atom. The minimum atomic E-state index is 0.125. The van der Waals surface area contributed by atoms with E-state index in [4.69, 9.17) is 5.73 Å². The second-order valence-electron chi connectivity index (χ2n) is 6.92. The monoisotopic (exact) mass is 384 g/mol. The van der Waals surface area contributed by atoms with Crippen molar-refractivity contribution >= 4 is 29.4 Å². The molecule has 2 aliphatic heterocycles. The van der Waals surface area contributed by atoms with Crippen molar-refractivity contribution in [2.45, 2.75) is 10.5 Å². The highest BCUT2D eigenvalue weighted by Gasteiger charge is 2.35.